The number of thiazole rings is 1. The summed E-state index contributed by atoms with van der Waals surface area (Å²) in [6, 6.07) is 7.99. The Morgan fingerprint density at radius 2 is 2.29 bits per heavy atom. The predicted molar refractivity (Wildman–Crippen MR) is 86.9 cm³/mol. The van der Waals surface area contributed by atoms with E-state index in [4.69, 9.17) is 9.72 Å². The van der Waals surface area contributed by atoms with Gasteiger partial charge in [-0.2, -0.15) is 0 Å². The zero-order valence-corrected chi connectivity index (χ0v) is 13.1. The summed E-state index contributed by atoms with van der Waals surface area (Å²) in [6.07, 6.45) is 2.06. The molecular formula is C15H18N4OS. The average Bonchev–Trinajstić information content (AvgIpc) is 3.09. The van der Waals surface area contributed by atoms with E-state index in [0.717, 1.165) is 34.5 Å². The van der Waals surface area contributed by atoms with Gasteiger partial charge in [-0.05, 0) is 19.2 Å². The Bertz CT molecular complexity index is 749. The molecule has 0 spiro atoms. The first-order valence-electron chi connectivity index (χ1n) is 6.71. The van der Waals surface area contributed by atoms with E-state index in [0.29, 0.717) is 0 Å². The molecule has 21 heavy (non-hydrogen) atoms. The molecule has 0 radical (unpaired) electrons. The first-order valence-corrected chi connectivity index (χ1v) is 7.59. The molecule has 0 bridgehead atoms. The SMILES string of the molecule is CNCc1c(N(C)c2cccc(OC)c2)nc2sccn12. The van der Waals surface area contributed by atoms with Gasteiger partial charge in [0.05, 0.1) is 12.8 Å². The molecule has 0 aliphatic heterocycles. The monoisotopic (exact) mass is 302 g/mol. The van der Waals surface area contributed by atoms with Crippen molar-refractivity contribution in [3.8, 4) is 5.75 Å². The number of ether oxygens (including phenoxy) is 1. The number of nitrogens with zero attached hydrogens (tertiary/aromatic N) is 3. The number of hydrogen-bond acceptors (Lipinski definition) is 5. The van der Waals surface area contributed by atoms with Gasteiger partial charge in [-0.3, -0.25) is 4.40 Å². The van der Waals surface area contributed by atoms with Gasteiger partial charge in [-0.25, -0.2) is 4.98 Å². The number of nitrogens with one attached hydrogen (secondary N) is 1. The van der Waals surface area contributed by atoms with Crippen LogP contribution in [0.25, 0.3) is 4.96 Å². The number of methoxy groups -OCH3 is 1. The summed E-state index contributed by atoms with van der Waals surface area (Å²) >= 11 is 1.64. The number of anilines is 2. The topological polar surface area (TPSA) is 41.8 Å². The Kier molecular flexibility index (Phi) is 3.81. The van der Waals surface area contributed by atoms with E-state index in [2.05, 4.69) is 32.3 Å². The molecule has 110 valence electrons. The maximum absolute atomic E-state index is 5.30. The average molecular weight is 302 g/mol. The van der Waals surface area contributed by atoms with Crippen molar-refractivity contribution in [2.45, 2.75) is 6.54 Å². The van der Waals surface area contributed by atoms with Gasteiger partial charge in [0.15, 0.2) is 10.8 Å². The maximum Gasteiger partial charge on any atom is 0.195 e. The molecule has 3 rings (SSSR count). The minimum atomic E-state index is 0.765. The molecule has 3 aromatic rings. The Hall–Kier alpha value is -2.05. The molecule has 0 saturated carbocycles. The van der Waals surface area contributed by atoms with E-state index >= 15 is 0 Å². The van der Waals surface area contributed by atoms with Gasteiger partial charge in [0.25, 0.3) is 0 Å². The highest BCUT2D eigenvalue weighted by Crippen LogP contribution is 2.30. The first-order chi connectivity index (χ1) is 10.2. The Morgan fingerprint density at radius 1 is 1.43 bits per heavy atom. The summed E-state index contributed by atoms with van der Waals surface area (Å²) in [7, 11) is 5.65. The lowest BCUT2D eigenvalue weighted by molar-refractivity contribution is 0.415. The summed E-state index contributed by atoms with van der Waals surface area (Å²) in [5.74, 6) is 1.81. The van der Waals surface area contributed by atoms with Crippen LogP contribution in [0.1, 0.15) is 5.69 Å². The number of hydrogen-bond donors (Lipinski definition) is 1. The highest BCUT2D eigenvalue weighted by atomic mass is 32.1. The van der Waals surface area contributed by atoms with E-state index in [1.54, 1.807) is 18.4 Å². The highest BCUT2D eigenvalue weighted by molar-refractivity contribution is 7.15. The van der Waals surface area contributed by atoms with E-state index in [1.165, 1.54) is 0 Å². The van der Waals surface area contributed by atoms with Gasteiger partial charge in [-0.1, -0.05) is 6.07 Å². The van der Waals surface area contributed by atoms with Gasteiger partial charge in [0.1, 0.15) is 5.75 Å². The molecule has 0 atom stereocenters. The van der Waals surface area contributed by atoms with E-state index in [9.17, 15) is 0 Å². The van der Waals surface area contributed by atoms with E-state index < -0.39 is 0 Å². The van der Waals surface area contributed by atoms with E-state index in [1.807, 2.05) is 32.3 Å². The molecule has 0 aliphatic carbocycles. The van der Waals surface area contributed by atoms with Crippen LogP contribution < -0.4 is 15.0 Å². The fraction of sp³-hybridized carbons (Fsp3) is 0.267. The molecule has 0 aliphatic rings. The van der Waals surface area contributed by atoms with Crippen molar-refractivity contribution < 1.29 is 4.74 Å². The van der Waals surface area contributed by atoms with Crippen LogP contribution in [0.4, 0.5) is 11.5 Å². The van der Waals surface area contributed by atoms with Crippen LogP contribution in [0.3, 0.4) is 0 Å². The number of aromatic nitrogens is 2. The summed E-state index contributed by atoms with van der Waals surface area (Å²) < 4.78 is 7.43. The molecule has 0 unspecified atom stereocenters. The minimum Gasteiger partial charge on any atom is -0.497 e. The normalized spacial score (nSPS) is 11.0. The lowest BCUT2D eigenvalue weighted by Gasteiger charge is -2.19. The fourth-order valence-corrected chi connectivity index (χ4v) is 3.09. The zero-order valence-electron chi connectivity index (χ0n) is 12.3. The molecule has 1 aromatic carbocycles. The molecule has 2 aromatic heterocycles. The Labute approximate surface area is 127 Å². The second-order valence-electron chi connectivity index (χ2n) is 4.73. The van der Waals surface area contributed by atoms with Crippen molar-refractivity contribution in [1.82, 2.24) is 14.7 Å². The van der Waals surface area contributed by atoms with Gasteiger partial charge in [-0.15, -0.1) is 11.3 Å². The summed E-state index contributed by atoms with van der Waals surface area (Å²) in [5, 5.41) is 5.27. The number of fused-ring (bicyclic) bond motifs is 1. The van der Waals surface area contributed by atoms with Crippen LogP contribution >= 0.6 is 11.3 Å². The largest absolute Gasteiger partial charge is 0.497 e. The third kappa shape index (κ3) is 2.48. The highest BCUT2D eigenvalue weighted by Gasteiger charge is 2.17. The van der Waals surface area contributed by atoms with Crippen molar-refractivity contribution in [2.24, 2.45) is 0 Å². The van der Waals surface area contributed by atoms with Crippen molar-refractivity contribution in [1.29, 1.82) is 0 Å². The molecular weight excluding hydrogens is 284 g/mol. The summed E-state index contributed by atoms with van der Waals surface area (Å²) in [4.78, 5) is 7.85. The molecule has 2 heterocycles. The lowest BCUT2D eigenvalue weighted by atomic mass is 10.2. The second-order valence-corrected chi connectivity index (χ2v) is 5.60. The van der Waals surface area contributed by atoms with Crippen LogP contribution in [0.2, 0.25) is 0 Å². The zero-order chi connectivity index (χ0) is 14.8. The molecule has 0 saturated heterocycles. The minimum absolute atomic E-state index is 0.765. The van der Waals surface area contributed by atoms with E-state index in [-0.39, 0.29) is 0 Å². The van der Waals surface area contributed by atoms with Crippen molar-refractivity contribution in [3.63, 3.8) is 0 Å². The van der Waals surface area contributed by atoms with Gasteiger partial charge < -0.3 is 15.0 Å². The van der Waals surface area contributed by atoms with Crippen molar-refractivity contribution >= 4 is 27.8 Å². The second kappa shape index (κ2) is 5.75. The molecule has 5 nitrogen and oxygen atoms in total. The number of imidazole rings is 1. The summed E-state index contributed by atoms with van der Waals surface area (Å²) in [6.45, 7) is 0.765. The molecule has 0 fully saturated rings. The molecule has 1 N–H and O–H groups in total. The van der Waals surface area contributed by atoms with Crippen LogP contribution in [-0.4, -0.2) is 30.6 Å². The standard InChI is InChI=1S/C15H18N4OS/c1-16-10-13-14(17-15-19(13)7-8-21-15)18(2)11-5-4-6-12(9-11)20-3/h4-9,16H,10H2,1-3H3. The number of rotatable bonds is 5. The van der Waals surface area contributed by atoms with Gasteiger partial charge in [0.2, 0.25) is 0 Å². The molecule has 6 heteroatoms. The van der Waals surface area contributed by atoms with Gasteiger partial charge in [0, 0.05) is 36.9 Å². The Morgan fingerprint density at radius 3 is 3.05 bits per heavy atom. The van der Waals surface area contributed by atoms with Crippen molar-refractivity contribution in [3.05, 3.63) is 41.5 Å². The Balaban J connectivity index is 2.05. The predicted octanol–water partition coefficient (Wildman–Crippen LogP) is 2.89. The quantitative estimate of drug-likeness (QED) is 0.787. The van der Waals surface area contributed by atoms with Crippen LogP contribution in [0, 0.1) is 0 Å². The van der Waals surface area contributed by atoms with Gasteiger partial charge >= 0.3 is 0 Å². The van der Waals surface area contributed by atoms with Crippen LogP contribution in [0.15, 0.2) is 35.8 Å². The third-order valence-corrected chi connectivity index (χ3v) is 4.20. The number of benzene rings is 1. The molecule has 0 amide bonds. The fourth-order valence-electron chi connectivity index (χ4n) is 2.36. The smallest absolute Gasteiger partial charge is 0.195 e. The van der Waals surface area contributed by atoms with Crippen LogP contribution in [-0.2, 0) is 6.54 Å². The third-order valence-electron chi connectivity index (χ3n) is 3.44. The van der Waals surface area contributed by atoms with Crippen LogP contribution in [0.5, 0.6) is 5.75 Å². The maximum atomic E-state index is 5.30. The lowest BCUT2D eigenvalue weighted by Crippen LogP contribution is -2.15. The summed E-state index contributed by atoms with van der Waals surface area (Å²) in [5.41, 5.74) is 2.21. The first kappa shape index (κ1) is 13.9. The van der Waals surface area contributed by atoms with Crippen molar-refractivity contribution in [2.75, 3.05) is 26.1 Å².